The van der Waals surface area contributed by atoms with E-state index in [1.807, 2.05) is 43.3 Å². The lowest BCUT2D eigenvalue weighted by Crippen LogP contribution is -2.37. The number of nitrogens with zero attached hydrogens (tertiary/aromatic N) is 1. The van der Waals surface area contributed by atoms with Crippen LogP contribution in [0.4, 0.5) is 5.13 Å². The highest BCUT2D eigenvalue weighted by Gasteiger charge is 2.45. The number of hydrogen-bond acceptors (Lipinski definition) is 7. The molecule has 2 heterocycles. The van der Waals surface area contributed by atoms with Gasteiger partial charge in [-0.05, 0) is 42.3 Å². The Hall–Kier alpha value is -4.43. The van der Waals surface area contributed by atoms with E-state index in [-0.39, 0.29) is 10.7 Å². The molecule has 3 aromatic carbocycles. The molecule has 0 saturated heterocycles. The van der Waals surface area contributed by atoms with Crippen molar-refractivity contribution in [1.82, 2.24) is 4.98 Å². The van der Waals surface area contributed by atoms with Gasteiger partial charge in [0.05, 0.1) is 15.8 Å². The number of amides is 1. The number of carbonyl (C=O) groups is 4. The number of hydrogen-bond donors (Lipinski definition) is 1. The van der Waals surface area contributed by atoms with E-state index < -0.39 is 35.5 Å². The van der Waals surface area contributed by atoms with Crippen LogP contribution >= 0.6 is 11.3 Å². The summed E-state index contributed by atoms with van der Waals surface area (Å²) in [4.78, 5) is 56.5. The van der Waals surface area contributed by atoms with Crippen LogP contribution in [0.25, 0.3) is 16.3 Å². The van der Waals surface area contributed by atoms with Crippen molar-refractivity contribution < 1.29 is 23.9 Å². The number of cyclic esters (lactones) is 1. The second-order valence-corrected chi connectivity index (χ2v) is 9.38. The summed E-state index contributed by atoms with van der Waals surface area (Å²) in [5.41, 5.74) is 3.13. The predicted molar refractivity (Wildman–Crippen MR) is 137 cm³/mol. The highest BCUT2D eigenvalue weighted by atomic mass is 32.1. The van der Waals surface area contributed by atoms with Gasteiger partial charge < -0.3 is 4.74 Å². The molecule has 0 bridgehead atoms. The number of aromatic nitrogens is 1. The second kappa shape index (κ2) is 9.67. The Morgan fingerprint density at radius 2 is 1.78 bits per heavy atom. The summed E-state index contributed by atoms with van der Waals surface area (Å²) in [5, 5.41) is 2.76. The van der Waals surface area contributed by atoms with Gasteiger partial charge >= 0.3 is 5.97 Å². The molecule has 1 N–H and O–H groups in total. The van der Waals surface area contributed by atoms with E-state index in [0.717, 1.165) is 15.8 Å². The number of fused-ring (bicyclic) bond motifs is 2. The van der Waals surface area contributed by atoms with Gasteiger partial charge in [0, 0.05) is 5.56 Å². The summed E-state index contributed by atoms with van der Waals surface area (Å²) in [7, 11) is 0. The molecule has 0 saturated carbocycles. The molecule has 2 atom stereocenters. The maximum Gasteiger partial charge on any atom is 0.339 e. The Bertz CT molecular complexity index is 1540. The third-order valence-electron chi connectivity index (χ3n) is 5.84. The average Bonchev–Trinajstić information content (AvgIpc) is 3.43. The van der Waals surface area contributed by atoms with Crippen molar-refractivity contribution in [3.05, 3.63) is 101 Å². The number of ether oxygens (including phenoxy) is 1. The summed E-state index contributed by atoms with van der Waals surface area (Å²) in [5.74, 6) is -4.85. The SMILES string of the molecule is Cc1ccc2nc(NC(=O)C(=O)[C@H](C(=O)/C=C/c3ccccc3)[C@@H]3OC(=O)c4ccccc43)sc2c1. The fraction of sp³-hybridized carbons (Fsp3) is 0.107. The number of anilines is 1. The Balaban J connectivity index is 1.45. The minimum Gasteiger partial charge on any atom is -0.453 e. The van der Waals surface area contributed by atoms with Crippen molar-refractivity contribution >= 4 is 56.2 Å². The monoisotopic (exact) mass is 496 g/mol. The van der Waals surface area contributed by atoms with Crippen molar-refractivity contribution in [3.8, 4) is 0 Å². The number of aryl methyl sites for hydroxylation is 1. The number of esters is 1. The lowest BCUT2D eigenvalue weighted by molar-refractivity contribution is -0.143. The lowest BCUT2D eigenvalue weighted by atomic mass is 9.87. The van der Waals surface area contributed by atoms with Gasteiger partial charge in [-0.2, -0.15) is 0 Å². The van der Waals surface area contributed by atoms with Gasteiger partial charge in [0.2, 0.25) is 5.78 Å². The number of carbonyl (C=O) groups excluding carboxylic acids is 4. The lowest BCUT2D eigenvalue weighted by Gasteiger charge is -2.19. The third-order valence-corrected chi connectivity index (χ3v) is 6.77. The van der Waals surface area contributed by atoms with Crippen LogP contribution in [0.1, 0.15) is 33.2 Å². The van der Waals surface area contributed by atoms with Crippen LogP contribution in [-0.2, 0) is 19.1 Å². The van der Waals surface area contributed by atoms with Gasteiger partial charge in [0.15, 0.2) is 10.9 Å². The summed E-state index contributed by atoms with van der Waals surface area (Å²) < 4.78 is 6.30. The van der Waals surface area contributed by atoms with Gasteiger partial charge in [-0.3, -0.25) is 19.7 Å². The van der Waals surface area contributed by atoms with Crippen LogP contribution in [0.3, 0.4) is 0 Å². The average molecular weight is 497 g/mol. The van der Waals surface area contributed by atoms with Crippen molar-refractivity contribution in [2.24, 2.45) is 5.92 Å². The molecule has 0 aliphatic carbocycles. The van der Waals surface area contributed by atoms with Crippen LogP contribution in [0.15, 0.2) is 78.9 Å². The number of thiazole rings is 1. The molecule has 178 valence electrons. The maximum atomic E-state index is 13.4. The summed E-state index contributed by atoms with van der Waals surface area (Å²) in [6.45, 7) is 1.95. The van der Waals surface area contributed by atoms with Crippen LogP contribution < -0.4 is 5.32 Å². The second-order valence-electron chi connectivity index (χ2n) is 8.35. The fourth-order valence-corrected chi connectivity index (χ4v) is 5.03. The van der Waals surface area contributed by atoms with Crippen LogP contribution in [0, 0.1) is 12.8 Å². The smallest absolute Gasteiger partial charge is 0.339 e. The van der Waals surface area contributed by atoms with Crippen molar-refractivity contribution in [2.45, 2.75) is 13.0 Å². The topological polar surface area (TPSA) is 102 Å². The molecule has 0 fully saturated rings. The molecular formula is C28H20N2O5S. The molecule has 36 heavy (non-hydrogen) atoms. The molecule has 8 heteroatoms. The molecule has 1 aliphatic heterocycles. The Morgan fingerprint density at radius 3 is 2.58 bits per heavy atom. The van der Waals surface area contributed by atoms with Crippen molar-refractivity contribution in [1.29, 1.82) is 0 Å². The molecule has 1 aliphatic rings. The molecule has 7 nitrogen and oxygen atoms in total. The molecular weight excluding hydrogens is 476 g/mol. The van der Waals surface area contributed by atoms with E-state index in [0.29, 0.717) is 11.1 Å². The van der Waals surface area contributed by atoms with Gasteiger partial charge in [-0.1, -0.05) is 72.0 Å². The molecule has 1 amide bonds. The molecule has 0 unspecified atom stereocenters. The Morgan fingerprint density at radius 1 is 1.03 bits per heavy atom. The zero-order valence-corrected chi connectivity index (χ0v) is 20.0. The number of allylic oxidation sites excluding steroid dienone is 1. The summed E-state index contributed by atoms with van der Waals surface area (Å²) >= 11 is 1.23. The third kappa shape index (κ3) is 4.58. The number of Topliss-reactive ketones (excluding diaryl/α,β-unsaturated/α-hetero) is 1. The molecule has 0 radical (unpaired) electrons. The van der Waals surface area contributed by atoms with E-state index >= 15 is 0 Å². The highest BCUT2D eigenvalue weighted by molar-refractivity contribution is 7.22. The normalized spacial score (nSPS) is 15.5. The summed E-state index contributed by atoms with van der Waals surface area (Å²) in [6.07, 6.45) is 1.58. The first-order valence-electron chi connectivity index (χ1n) is 11.2. The minimum absolute atomic E-state index is 0.240. The van der Waals surface area contributed by atoms with Gasteiger partial charge in [0.25, 0.3) is 5.91 Å². The standard InChI is InChI=1S/C28H20N2O5S/c1-16-11-13-20-22(15-16)36-28(29-20)30-26(33)24(32)23(21(31)14-12-17-7-3-2-4-8-17)25-18-9-5-6-10-19(18)27(34)35-25/h2-15,23,25H,1H3,(H,29,30,33)/b14-12+/t23-,25+/m0/s1. The molecule has 5 rings (SSSR count). The highest BCUT2D eigenvalue weighted by Crippen LogP contribution is 2.37. The number of benzene rings is 3. The first-order chi connectivity index (χ1) is 17.4. The van der Waals surface area contributed by atoms with E-state index in [9.17, 15) is 19.2 Å². The Kier molecular flexibility index (Phi) is 6.26. The first kappa shape index (κ1) is 23.3. The van der Waals surface area contributed by atoms with Gasteiger partial charge in [0.1, 0.15) is 12.0 Å². The Labute approximate surface area is 210 Å². The maximum absolute atomic E-state index is 13.4. The van der Waals surface area contributed by atoms with Crippen molar-refractivity contribution in [2.75, 3.05) is 5.32 Å². The van der Waals surface area contributed by atoms with Gasteiger partial charge in [-0.15, -0.1) is 0 Å². The van der Waals surface area contributed by atoms with E-state index in [1.54, 1.807) is 42.5 Å². The number of rotatable bonds is 7. The zero-order valence-electron chi connectivity index (χ0n) is 19.1. The van der Waals surface area contributed by atoms with Crippen molar-refractivity contribution in [3.63, 3.8) is 0 Å². The van der Waals surface area contributed by atoms with Crippen LogP contribution in [0.5, 0.6) is 0 Å². The van der Waals surface area contributed by atoms with E-state index in [4.69, 9.17) is 4.74 Å². The fourth-order valence-electron chi connectivity index (χ4n) is 4.07. The first-order valence-corrected chi connectivity index (χ1v) is 12.0. The molecule has 0 spiro atoms. The zero-order chi connectivity index (χ0) is 25.2. The number of ketones is 2. The van der Waals surface area contributed by atoms with E-state index in [1.165, 1.54) is 17.4 Å². The van der Waals surface area contributed by atoms with Crippen LogP contribution in [0.2, 0.25) is 0 Å². The number of nitrogens with one attached hydrogen (secondary N) is 1. The quantitative estimate of drug-likeness (QED) is 0.169. The summed E-state index contributed by atoms with van der Waals surface area (Å²) in [6, 6.07) is 21.3. The predicted octanol–water partition coefficient (Wildman–Crippen LogP) is 4.92. The van der Waals surface area contributed by atoms with E-state index in [2.05, 4.69) is 10.3 Å². The minimum atomic E-state index is -1.55. The van der Waals surface area contributed by atoms with Gasteiger partial charge in [-0.25, -0.2) is 9.78 Å². The molecule has 4 aromatic rings. The van der Waals surface area contributed by atoms with Crippen LogP contribution in [-0.4, -0.2) is 28.4 Å². The largest absolute Gasteiger partial charge is 0.453 e. The molecule has 1 aromatic heterocycles.